The average Bonchev–Trinajstić information content (AvgIpc) is 2.31. The highest BCUT2D eigenvalue weighted by Gasteiger charge is 2.31. The highest BCUT2D eigenvalue weighted by atomic mass is 35.5. The van der Waals surface area contributed by atoms with Crippen LogP contribution in [0.3, 0.4) is 0 Å². The SMILES string of the molecule is CNCC1CN(C)CC(C)N1c1ccccc1Cl. The second kappa shape index (κ2) is 5.91. The van der Waals surface area contributed by atoms with Crippen LogP contribution in [-0.4, -0.2) is 50.7 Å². The number of likely N-dealkylation sites (N-methyl/N-ethyl adjacent to an activating group) is 2. The molecule has 100 valence electrons. The first-order valence-corrected chi connectivity index (χ1v) is 6.87. The molecule has 0 aromatic heterocycles. The molecule has 1 aliphatic rings. The van der Waals surface area contributed by atoms with Gasteiger partial charge >= 0.3 is 0 Å². The maximum Gasteiger partial charge on any atom is 0.0639 e. The lowest BCUT2D eigenvalue weighted by molar-refractivity contribution is 0.231. The third-order valence-corrected chi connectivity index (χ3v) is 3.86. The normalized spacial score (nSPS) is 25.4. The Morgan fingerprint density at radius 2 is 2.06 bits per heavy atom. The highest BCUT2D eigenvalue weighted by Crippen LogP contribution is 2.30. The van der Waals surface area contributed by atoms with Crippen molar-refractivity contribution < 1.29 is 0 Å². The molecule has 0 amide bonds. The van der Waals surface area contributed by atoms with Gasteiger partial charge in [0, 0.05) is 25.7 Å². The second-order valence-corrected chi connectivity index (χ2v) is 5.55. The van der Waals surface area contributed by atoms with Crippen LogP contribution in [-0.2, 0) is 0 Å². The van der Waals surface area contributed by atoms with Crippen LogP contribution in [0, 0.1) is 0 Å². The van der Waals surface area contributed by atoms with Crippen molar-refractivity contribution >= 4 is 17.3 Å². The Balaban J connectivity index is 2.29. The number of halogens is 1. The zero-order valence-corrected chi connectivity index (χ0v) is 12.1. The van der Waals surface area contributed by atoms with E-state index in [1.54, 1.807) is 0 Å². The first-order valence-electron chi connectivity index (χ1n) is 6.49. The van der Waals surface area contributed by atoms with Gasteiger partial charge in [-0.15, -0.1) is 0 Å². The van der Waals surface area contributed by atoms with Gasteiger partial charge in [0.1, 0.15) is 0 Å². The topological polar surface area (TPSA) is 18.5 Å². The molecular weight excluding hydrogens is 246 g/mol. The average molecular weight is 268 g/mol. The number of anilines is 1. The van der Waals surface area contributed by atoms with Crippen molar-refractivity contribution in [3.05, 3.63) is 29.3 Å². The van der Waals surface area contributed by atoms with E-state index in [1.807, 2.05) is 19.2 Å². The lowest BCUT2D eigenvalue weighted by Crippen LogP contribution is -2.59. The van der Waals surface area contributed by atoms with Crippen molar-refractivity contribution in [2.45, 2.75) is 19.0 Å². The summed E-state index contributed by atoms with van der Waals surface area (Å²) in [5.74, 6) is 0. The van der Waals surface area contributed by atoms with E-state index in [0.717, 1.165) is 30.3 Å². The predicted molar refractivity (Wildman–Crippen MR) is 78.6 cm³/mol. The number of rotatable bonds is 3. The van der Waals surface area contributed by atoms with Gasteiger partial charge in [-0.3, -0.25) is 0 Å². The molecule has 2 unspecified atom stereocenters. The van der Waals surface area contributed by atoms with E-state index in [4.69, 9.17) is 11.6 Å². The summed E-state index contributed by atoms with van der Waals surface area (Å²) >= 11 is 6.35. The van der Waals surface area contributed by atoms with Gasteiger partial charge in [-0.2, -0.15) is 0 Å². The molecular formula is C14H22ClN3. The minimum Gasteiger partial charge on any atom is -0.361 e. The van der Waals surface area contributed by atoms with Gasteiger partial charge in [-0.05, 0) is 33.2 Å². The van der Waals surface area contributed by atoms with Crippen molar-refractivity contribution in [2.24, 2.45) is 0 Å². The first kappa shape index (κ1) is 13.7. The predicted octanol–water partition coefficient (Wildman–Crippen LogP) is 2.07. The molecule has 1 aromatic carbocycles. The second-order valence-electron chi connectivity index (χ2n) is 5.14. The molecule has 3 nitrogen and oxygen atoms in total. The Bertz CT molecular complexity index is 396. The molecule has 0 saturated carbocycles. The summed E-state index contributed by atoms with van der Waals surface area (Å²) < 4.78 is 0. The van der Waals surface area contributed by atoms with Crippen molar-refractivity contribution in [3.63, 3.8) is 0 Å². The number of para-hydroxylation sites is 1. The number of hydrogen-bond acceptors (Lipinski definition) is 3. The molecule has 1 aliphatic heterocycles. The zero-order valence-electron chi connectivity index (χ0n) is 11.4. The van der Waals surface area contributed by atoms with E-state index in [2.05, 4.69) is 41.2 Å². The van der Waals surface area contributed by atoms with E-state index in [1.165, 1.54) is 0 Å². The van der Waals surface area contributed by atoms with E-state index in [9.17, 15) is 0 Å². The Kier molecular flexibility index (Phi) is 4.49. The molecule has 1 fully saturated rings. The van der Waals surface area contributed by atoms with E-state index in [0.29, 0.717) is 12.1 Å². The van der Waals surface area contributed by atoms with Gasteiger partial charge in [0.25, 0.3) is 0 Å². The summed E-state index contributed by atoms with van der Waals surface area (Å²) in [6, 6.07) is 9.07. The maximum atomic E-state index is 6.35. The molecule has 2 atom stereocenters. The van der Waals surface area contributed by atoms with Gasteiger partial charge < -0.3 is 15.1 Å². The quantitative estimate of drug-likeness (QED) is 0.905. The third kappa shape index (κ3) is 2.79. The van der Waals surface area contributed by atoms with Crippen LogP contribution in [0.5, 0.6) is 0 Å². The Labute approximate surface area is 115 Å². The molecule has 0 spiro atoms. The van der Waals surface area contributed by atoms with Gasteiger partial charge in [-0.25, -0.2) is 0 Å². The largest absolute Gasteiger partial charge is 0.361 e. The van der Waals surface area contributed by atoms with Crippen molar-refractivity contribution in [1.29, 1.82) is 0 Å². The summed E-state index contributed by atoms with van der Waals surface area (Å²) in [5, 5.41) is 4.13. The van der Waals surface area contributed by atoms with Crippen LogP contribution < -0.4 is 10.2 Å². The Morgan fingerprint density at radius 1 is 1.33 bits per heavy atom. The van der Waals surface area contributed by atoms with E-state index < -0.39 is 0 Å². The van der Waals surface area contributed by atoms with Crippen LogP contribution in [0.2, 0.25) is 5.02 Å². The molecule has 4 heteroatoms. The fourth-order valence-corrected chi connectivity index (χ4v) is 3.15. The lowest BCUT2D eigenvalue weighted by atomic mass is 10.1. The number of hydrogen-bond donors (Lipinski definition) is 1. The minimum atomic E-state index is 0.462. The fourth-order valence-electron chi connectivity index (χ4n) is 2.91. The standard InChI is InChI=1S/C14H22ClN3/c1-11-9-17(3)10-12(8-16-2)18(11)14-7-5-4-6-13(14)15/h4-7,11-12,16H,8-10H2,1-3H3. The van der Waals surface area contributed by atoms with Crippen LogP contribution >= 0.6 is 11.6 Å². The molecule has 0 bridgehead atoms. The Morgan fingerprint density at radius 3 is 2.72 bits per heavy atom. The summed E-state index contributed by atoms with van der Waals surface area (Å²) in [5.41, 5.74) is 1.15. The summed E-state index contributed by atoms with van der Waals surface area (Å²) in [4.78, 5) is 4.85. The van der Waals surface area contributed by atoms with Crippen LogP contribution in [0.1, 0.15) is 6.92 Å². The van der Waals surface area contributed by atoms with Crippen LogP contribution in [0.4, 0.5) is 5.69 Å². The smallest absolute Gasteiger partial charge is 0.0639 e. The highest BCUT2D eigenvalue weighted by molar-refractivity contribution is 6.33. The minimum absolute atomic E-state index is 0.462. The molecule has 1 heterocycles. The molecule has 1 saturated heterocycles. The van der Waals surface area contributed by atoms with E-state index in [-0.39, 0.29) is 0 Å². The van der Waals surface area contributed by atoms with Crippen molar-refractivity contribution in [2.75, 3.05) is 38.6 Å². The lowest BCUT2D eigenvalue weighted by Gasteiger charge is -2.46. The molecule has 1 aromatic rings. The van der Waals surface area contributed by atoms with Crippen molar-refractivity contribution in [3.8, 4) is 0 Å². The molecule has 2 rings (SSSR count). The number of nitrogens with one attached hydrogen (secondary N) is 1. The van der Waals surface area contributed by atoms with Gasteiger partial charge in [0.2, 0.25) is 0 Å². The molecule has 0 aliphatic carbocycles. The third-order valence-electron chi connectivity index (χ3n) is 3.54. The summed E-state index contributed by atoms with van der Waals surface area (Å²) in [6.45, 7) is 5.38. The molecule has 18 heavy (non-hydrogen) atoms. The maximum absolute atomic E-state index is 6.35. The van der Waals surface area contributed by atoms with Gasteiger partial charge in [-0.1, -0.05) is 23.7 Å². The monoisotopic (exact) mass is 267 g/mol. The molecule has 0 radical (unpaired) electrons. The number of nitrogens with zero attached hydrogens (tertiary/aromatic N) is 2. The summed E-state index contributed by atoms with van der Waals surface area (Å²) in [6.07, 6.45) is 0. The van der Waals surface area contributed by atoms with Crippen LogP contribution in [0.15, 0.2) is 24.3 Å². The summed E-state index contributed by atoms with van der Waals surface area (Å²) in [7, 11) is 4.19. The molecule has 1 N–H and O–H groups in total. The van der Waals surface area contributed by atoms with Gasteiger partial charge in [0.15, 0.2) is 0 Å². The fraction of sp³-hybridized carbons (Fsp3) is 0.571. The number of piperazine rings is 1. The van der Waals surface area contributed by atoms with Crippen LogP contribution in [0.25, 0.3) is 0 Å². The Hall–Kier alpha value is -0.770. The van der Waals surface area contributed by atoms with Gasteiger partial charge in [0.05, 0.1) is 16.8 Å². The van der Waals surface area contributed by atoms with E-state index >= 15 is 0 Å². The van der Waals surface area contributed by atoms with Crippen molar-refractivity contribution in [1.82, 2.24) is 10.2 Å². The first-order chi connectivity index (χ1) is 8.63. The number of benzene rings is 1. The zero-order chi connectivity index (χ0) is 13.1.